The molecule has 10 heteroatoms. The first kappa shape index (κ1) is 16.1. The van der Waals surface area contributed by atoms with Crippen LogP contribution in [-0.2, 0) is 16.2 Å². The highest BCUT2D eigenvalue weighted by Gasteiger charge is 2.34. The van der Waals surface area contributed by atoms with Gasteiger partial charge < -0.3 is 9.80 Å². The van der Waals surface area contributed by atoms with Crippen LogP contribution in [0.25, 0.3) is 0 Å². The van der Waals surface area contributed by atoms with Gasteiger partial charge in [-0.25, -0.2) is 18.1 Å². The summed E-state index contributed by atoms with van der Waals surface area (Å²) in [4.78, 5) is 7.65. The minimum atomic E-state index is -4.55. The molecular weight excluding hydrogens is 333 g/mol. The van der Waals surface area contributed by atoms with Crippen molar-refractivity contribution in [1.29, 1.82) is 0 Å². The number of sulfonamides is 1. The number of halogens is 3. The van der Waals surface area contributed by atoms with Crippen molar-refractivity contribution in [1.82, 2.24) is 14.5 Å². The fraction of sp³-hybridized carbons (Fsp3) is 0.462. The maximum atomic E-state index is 12.8. The summed E-state index contributed by atoms with van der Waals surface area (Å²) in [6, 6.07) is 2.45. The molecule has 0 unspecified atom stereocenters. The maximum absolute atomic E-state index is 12.8. The fourth-order valence-corrected chi connectivity index (χ4v) is 3.63. The van der Waals surface area contributed by atoms with Crippen molar-refractivity contribution in [2.75, 3.05) is 33.2 Å². The SMILES string of the molecule is CN1CCN(C2=Nc3cc(C(F)(F)F)ccc3S(=O)(=O)N2)CC1. The lowest BCUT2D eigenvalue weighted by Gasteiger charge is -2.35. The van der Waals surface area contributed by atoms with Crippen LogP contribution in [0.3, 0.4) is 0 Å². The molecule has 0 radical (unpaired) electrons. The molecule has 0 amide bonds. The third kappa shape index (κ3) is 3.13. The van der Waals surface area contributed by atoms with E-state index >= 15 is 0 Å². The third-order valence-corrected chi connectivity index (χ3v) is 5.21. The Balaban J connectivity index is 2.01. The number of fused-ring (bicyclic) bond motifs is 1. The van der Waals surface area contributed by atoms with Crippen molar-refractivity contribution < 1.29 is 21.6 Å². The van der Waals surface area contributed by atoms with Crippen LogP contribution < -0.4 is 4.72 Å². The average molecular weight is 348 g/mol. The van der Waals surface area contributed by atoms with Crippen LogP contribution in [0.2, 0.25) is 0 Å². The summed E-state index contributed by atoms with van der Waals surface area (Å²) in [5, 5.41) is 0. The smallest absolute Gasteiger partial charge is 0.339 e. The van der Waals surface area contributed by atoms with Crippen LogP contribution in [-0.4, -0.2) is 57.4 Å². The Labute approximate surface area is 131 Å². The maximum Gasteiger partial charge on any atom is 0.416 e. The molecule has 0 atom stereocenters. The topological polar surface area (TPSA) is 65.0 Å². The van der Waals surface area contributed by atoms with Crippen molar-refractivity contribution in [3.63, 3.8) is 0 Å². The minimum absolute atomic E-state index is 0.0740. The van der Waals surface area contributed by atoms with Gasteiger partial charge in [-0.15, -0.1) is 0 Å². The van der Waals surface area contributed by atoms with Crippen molar-refractivity contribution >= 4 is 21.7 Å². The zero-order valence-corrected chi connectivity index (χ0v) is 13.1. The number of rotatable bonds is 0. The highest BCUT2D eigenvalue weighted by molar-refractivity contribution is 7.90. The summed E-state index contributed by atoms with van der Waals surface area (Å²) < 4.78 is 65.3. The molecule has 2 heterocycles. The summed E-state index contributed by atoms with van der Waals surface area (Å²) >= 11 is 0. The van der Waals surface area contributed by atoms with Gasteiger partial charge in [0.25, 0.3) is 10.0 Å². The summed E-state index contributed by atoms with van der Waals surface area (Å²) in [7, 11) is -1.98. The Bertz CT molecular complexity index is 753. The molecule has 0 spiro atoms. The Morgan fingerprint density at radius 1 is 1.17 bits per heavy atom. The number of likely N-dealkylation sites (N-methyl/N-ethyl adjacent to an activating group) is 1. The van der Waals surface area contributed by atoms with Crippen LogP contribution in [0.4, 0.5) is 18.9 Å². The van der Waals surface area contributed by atoms with Gasteiger partial charge in [-0.1, -0.05) is 0 Å². The molecule has 1 aromatic carbocycles. The molecule has 2 aliphatic rings. The Kier molecular flexibility index (Phi) is 3.75. The average Bonchev–Trinajstić information content (AvgIpc) is 2.45. The molecule has 3 rings (SSSR count). The van der Waals surface area contributed by atoms with Crippen LogP contribution in [0.15, 0.2) is 28.1 Å². The lowest BCUT2D eigenvalue weighted by atomic mass is 10.2. The van der Waals surface area contributed by atoms with Crippen LogP contribution in [0.5, 0.6) is 0 Å². The van der Waals surface area contributed by atoms with Crippen molar-refractivity contribution in [3.05, 3.63) is 23.8 Å². The van der Waals surface area contributed by atoms with Gasteiger partial charge in [0.15, 0.2) is 0 Å². The number of nitrogens with zero attached hydrogens (tertiary/aromatic N) is 3. The largest absolute Gasteiger partial charge is 0.416 e. The summed E-state index contributed by atoms with van der Waals surface area (Å²) in [5.74, 6) is 0.0740. The third-order valence-electron chi connectivity index (χ3n) is 3.83. The van der Waals surface area contributed by atoms with E-state index in [2.05, 4.69) is 14.6 Å². The number of aliphatic imine (C=N–C) groups is 1. The predicted molar refractivity (Wildman–Crippen MR) is 77.9 cm³/mol. The van der Waals surface area contributed by atoms with Crippen LogP contribution >= 0.6 is 0 Å². The molecular formula is C13H15F3N4O2S. The van der Waals surface area contributed by atoms with E-state index in [0.717, 1.165) is 31.3 Å². The molecule has 126 valence electrons. The van der Waals surface area contributed by atoms with Gasteiger partial charge in [0.05, 0.1) is 11.3 Å². The molecule has 1 saturated heterocycles. The summed E-state index contributed by atoms with van der Waals surface area (Å²) in [6.45, 7) is 2.53. The molecule has 1 aromatic rings. The second kappa shape index (κ2) is 5.38. The fourth-order valence-electron chi connectivity index (χ4n) is 2.47. The van der Waals surface area contributed by atoms with Gasteiger partial charge in [-0.3, -0.25) is 0 Å². The second-order valence-electron chi connectivity index (χ2n) is 5.51. The summed E-state index contributed by atoms with van der Waals surface area (Å²) in [5.41, 5.74) is -1.11. The standard InChI is InChI=1S/C13H15F3N4O2S/c1-19-4-6-20(7-5-19)12-17-10-8-9(13(14,15)16)2-3-11(10)23(21,22)18-12/h2-3,8H,4-7H2,1H3,(H,17,18). The van der Waals surface area contributed by atoms with E-state index in [1.807, 2.05) is 7.05 Å². The molecule has 23 heavy (non-hydrogen) atoms. The van der Waals surface area contributed by atoms with E-state index < -0.39 is 21.8 Å². The minimum Gasteiger partial charge on any atom is -0.339 e. The van der Waals surface area contributed by atoms with E-state index in [4.69, 9.17) is 0 Å². The number of hydrogen-bond acceptors (Lipinski definition) is 5. The molecule has 0 bridgehead atoms. The van der Waals surface area contributed by atoms with Crippen LogP contribution in [0, 0.1) is 0 Å². The zero-order valence-electron chi connectivity index (χ0n) is 12.3. The number of nitrogens with one attached hydrogen (secondary N) is 1. The van der Waals surface area contributed by atoms with Crippen molar-refractivity contribution in [3.8, 4) is 0 Å². The van der Waals surface area contributed by atoms with Gasteiger partial charge in [-0.2, -0.15) is 13.2 Å². The molecule has 0 saturated carbocycles. The number of piperazine rings is 1. The normalized spacial score (nSPS) is 21.4. The van der Waals surface area contributed by atoms with E-state index in [9.17, 15) is 21.6 Å². The number of hydrogen-bond donors (Lipinski definition) is 1. The highest BCUT2D eigenvalue weighted by atomic mass is 32.2. The predicted octanol–water partition coefficient (Wildman–Crippen LogP) is 1.23. The molecule has 1 fully saturated rings. The molecule has 0 aliphatic carbocycles. The number of benzene rings is 1. The van der Waals surface area contributed by atoms with Gasteiger partial charge in [-0.05, 0) is 25.2 Å². The van der Waals surface area contributed by atoms with Gasteiger partial charge in [0.2, 0.25) is 5.96 Å². The number of alkyl halides is 3. The highest BCUT2D eigenvalue weighted by Crippen LogP contribution is 2.36. The molecule has 1 N–H and O–H groups in total. The van der Waals surface area contributed by atoms with Gasteiger partial charge in [0.1, 0.15) is 4.90 Å². The van der Waals surface area contributed by atoms with Gasteiger partial charge in [0, 0.05) is 26.2 Å². The quantitative estimate of drug-likeness (QED) is 0.766. The lowest BCUT2D eigenvalue weighted by molar-refractivity contribution is -0.137. The Morgan fingerprint density at radius 3 is 2.43 bits per heavy atom. The first-order chi connectivity index (χ1) is 10.7. The van der Waals surface area contributed by atoms with E-state index in [0.29, 0.717) is 13.1 Å². The summed E-state index contributed by atoms with van der Waals surface area (Å²) in [6.07, 6.45) is -4.55. The lowest BCUT2D eigenvalue weighted by Crippen LogP contribution is -2.53. The first-order valence-electron chi connectivity index (χ1n) is 6.93. The van der Waals surface area contributed by atoms with E-state index in [-0.39, 0.29) is 16.5 Å². The van der Waals surface area contributed by atoms with Crippen molar-refractivity contribution in [2.24, 2.45) is 4.99 Å². The molecule has 6 nitrogen and oxygen atoms in total. The molecule has 0 aromatic heterocycles. The zero-order chi connectivity index (χ0) is 16.8. The Morgan fingerprint density at radius 2 is 1.83 bits per heavy atom. The van der Waals surface area contributed by atoms with E-state index in [1.165, 1.54) is 0 Å². The first-order valence-corrected chi connectivity index (χ1v) is 8.41. The van der Waals surface area contributed by atoms with Crippen molar-refractivity contribution in [2.45, 2.75) is 11.1 Å². The monoisotopic (exact) mass is 348 g/mol. The Hall–Kier alpha value is -1.81. The van der Waals surface area contributed by atoms with Crippen LogP contribution in [0.1, 0.15) is 5.56 Å². The second-order valence-corrected chi connectivity index (χ2v) is 7.16. The number of guanidine groups is 1. The molecule has 2 aliphatic heterocycles. The van der Waals surface area contributed by atoms with Gasteiger partial charge >= 0.3 is 6.18 Å². The van der Waals surface area contributed by atoms with E-state index in [1.54, 1.807) is 4.90 Å².